The molecule has 2 nitrogen and oxygen atoms in total. The average molecular weight is 132 g/mol. The number of aliphatic hydroxyl groups excluding tert-OH is 1. The average Bonchev–Trinajstić information content (AvgIpc) is 1.86. The van der Waals surface area contributed by atoms with Gasteiger partial charge >= 0.3 is 0 Å². The van der Waals surface area contributed by atoms with Gasteiger partial charge < -0.3 is 10.2 Å². The van der Waals surface area contributed by atoms with Gasteiger partial charge in [0.25, 0.3) is 0 Å². The maximum absolute atomic E-state index is 9.46. The Bertz CT molecular complexity index is 75.0. The summed E-state index contributed by atoms with van der Waals surface area (Å²) in [6.07, 6.45) is 0.606. The second-order valence-electron chi connectivity index (χ2n) is 2.49. The maximum Gasteiger partial charge on any atom is 0.0897 e. The molecule has 0 radical (unpaired) electrons. The van der Waals surface area contributed by atoms with Crippen LogP contribution in [-0.2, 0) is 0 Å². The first-order valence-electron chi connectivity index (χ1n) is 3.47. The minimum absolute atomic E-state index is 0.612. The minimum Gasteiger partial charge on any atom is -0.390 e. The molecule has 0 aliphatic heterocycles. The van der Waals surface area contributed by atoms with Crippen molar-refractivity contribution in [1.29, 1.82) is 0 Å². The predicted octanol–water partition coefficient (Wildman–Crippen LogP) is 0.918. The highest BCUT2D eigenvalue weighted by atomic mass is 16.3. The molecule has 0 aromatic rings. The molecule has 0 bridgehead atoms. The van der Waals surface area contributed by atoms with Crippen molar-refractivity contribution in [3.63, 3.8) is 0 Å². The van der Waals surface area contributed by atoms with Gasteiger partial charge in [0.05, 0.1) is 11.7 Å². The minimum atomic E-state index is -0.861. The highest BCUT2D eigenvalue weighted by Gasteiger charge is 2.27. The first kappa shape index (κ1) is 8.92. The maximum atomic E-state index is 9.46. The third-order valence-corrected chi connectivity index (χ3v) is 2.00. The molecule has 0 saturated heterocycles. The van der Waals surface area contributed by atoms with E-state index in [0.717, 1.165) is 0 Å². The molecule has 0 unspecified atom stereocenters. The number of hydrogen-bond acceptors (Lipinski definition) is 2. The summed E-state index contributed by atoms with van der Waals surface area (Å²) < 4.78 is 0. The van der Waals surface area contributed by atoms with Crippen LogP contribution in [0.3, 0.4) is 0 Å². The van der Waals surface area contributed by atoms with Crippen LogP contribution in [-0.4, -0.2) is 21.9 Å². The van der Waals surface area contributed by atoms with Crippen molar-refractivity contribution in [2.75, 3.05) is 0 Å². The Morgan fingerprint density at radius 3 is 1.67 bits per heavy atom. The molecule has 0 fully saturated rings. The zero-order chi connectivity index (χ0) is 7.49. The van der Waals surface area contributed by atoms with Crippen LogP contribution < -0.4 is 0 Å². The lowest BCUT2D eigenvalue weighted by atomic mass is 9.92. The van der Waals surface area contributed by atoms with Crippen LogP contribution >= 0.6 is 0 Å². The summed E-state index contributed by atoms with van der Waals surface area (Å²) in [6, 6.07) is 0. The summed E-state index contributed by atoms with van der Waals surface area (Å²) in [5, 5.41) is 18.5. The van der Waals surface area contributed by atoms with Crippen LogP contribution in [0, 0.1) is 0 Å². The van der Waals surface area contributed by atoms with Crippen LogP contribution in [0.15, 0.2) is 0 Å². The van der Waals surface area contributed by atoms with E-state index in [1.807, 2.05) is 13.8 Å². The second kappa shape index (κ2) is 3.18. The van der Waals surface area contributed by atoms with E-state index < -0.39 is 11.7 Å². The van der Waals surface area contributed by atoms with Crippen molar-refractivity contribution in [3.8, 4) is 0 Å². The van der Waals surface area contributed by atoms with Gasteiger partial charge in [-0.25, -0.2) is 0 Å². The van der Waals surface area contributed by atoms with Crippen molar-refractivity contribution >= 4 is 0 Å². The van der Waals surface area contributed by atoms with E-state index >= 15 is 0 Å². The monoisotopic (exact) mass is 132 g/mol. The van der Waals surface area contributed by atoms with Crippen molar-refractivity contribution in [3.05, 3.63) is 0 Å². The lowest BCUT2D eigenvalue weighted by Gasteiger charge is -2.27. The fourth-order valence-electron chi connectivity index (χ4n) is 0.841. The summed E-state index contributed by atoms with van der Waals surface area (Å²) in [4.78, 5) is 0. The van der Waals surface area contributed by atoms with Crippen LogP contribution in [0.2, 0.25) is 0 Å². The third kappa shape index (κ3) is 1.95. The Morgan fingerprint density at radius 2 is 1.67 bits per heavy atom. The molecular weight excluding hydrogens is 116 g/mol. The van der Waals surface area contributed by atoms with Crippen LogP contribution in [0.25, 0.3) is 0 Å². The van der Waals surface area contributed by atoms with Crippen molar-refractivity contribution in [2.24, 2.45) is 0 Å². The highest BCUT2D eigenvalue weighted by molar-refractivity contribution is 4.80. The summed E-state index contributed by atoms with van der Waals surface area (Å²) in [7, 11) is 0. The molecule has 0 rings (SSSR count). The summed E-state index contributed by atoms with van der Waals surface area (Å²) in [5.41, 5.74) is -0.861. The van der Waals surface area contributed by atoms with Gasteiger partial charge in [-0.05, 0) is 19.8 Å². The molecule has 0 aromatic carbocycles. The zero-order valence-electron chi connectivity index (χ0n) is 6.39. The number of rotatable bonds is 3. The van der Waals surface area contributed by atoms with E-state index in [2.05, 4.69) is 0 Å². The molecule has 56 valence electrons. The highest BCUT2D eigenvalue weighted by Crippen LogP contribution is 2.18. The van der Waals surface area contributed by atoms with Gasteiger partial charge in [-0.2, -0.15) is 0 Å². The Kier molecular flexibility index (Phi) is 3.15. The molecule has 0 aliphatic rings. The lowest BCUT2D eigenvalue weighted by Crippen LogP contribution is -2.38. The molecule has 1 atom stereocenters. The topological polar surface area (TPSA) is 40.5 Å². The Balaban J connectivity index is 3.92. The molecule has 0 heterocycles. The first-order chi connectivity index (χ1) is 4.06. The first-order valence-corrected chi connectivity index (χ1v) is 3.47. The van der Waals surface area contributed by atoms with Gasteiger partial charge in [-0.15, -0.1) is 0 Å². The molecule has 0 aliphatic carbocycles. The Hall–Kier alpha value is -0.0800. The van der Waals surface area contributed by atoms with Gasteiger partial charge in [0.1, 0.15) is 0 Å². The molecule has 0 spiro atoms. The van der Waals surface area contributed by atoms with E-state index in [1.165, 1.54) is 0 Å². The van der Waals surface area contributed by atoms with Gasteiger partial charge in [-0.1, -0.05) is 13.8 Å². The van der Waals surface area contributed by atoms with Crippen LogP contribution in [0.4, 0.5) is 0 Å². The quantitative estimate of drug-likeness (QED) is 0.599. The third-order valence-electron chi connectivity index (χ3n) is 2.00. The Labute approximate surface area is 56.5 Å². The van der Waals surface area contributed by atoms with Crippen molar-refractivity contribution in [2.45, 2.75) is 45.3 Å². The van der Waals surface area contributed by atoms with E-state index in [1.54, 1.807) is 6.92 Å². The van der Waals surface area contributed by atoms with E-state index in [4.69, 9.17) is 5.11 Å². The zero-order valence-corrected chi connectivity index (χ0v) is 6.39. The molecule has 9 heavy (non-hydrogen) atoms. The summed E-state index contributed by atoms with van der Waals surface area (Å²) >= 11 is 0. The normalized spacial score (nSPS) is 15.7. The van der Waals surface area contributed by atoms with Crippen LogP contribution in [0.1, 0.15) is 33.6 Å². The molecule has 2 heteroatoms. The Morgan fingerprint density at radius 1 is 1.33 bits per heavy atom. The largest absolute Gasteiger partial charge is 0.390 e. The van der Waals surface area contributed by atoms with E-state index in [-0.39, 0.29) is 0 Å². The number of aliphatic hydroxyl groups is 2. The molecular formula is C7H16O2. The van der Waals surface area contributed by atoms with E-state index in [9.17, 15) is 5.11 Å². The van der Waals surface area contributed by atoms with Crippen molar-refractivity contribution in [1.82, 2.24) is 0 Å². The molecule has 0 amide bonds. The van der Waals surface area contributed by atoms with Gasteiger partial charge in [0.15, 0.2) is 0 Å². The van der Waals surface area contributed by atoms with Crippen LogP contribution in [0.5, 0.6) is 0 Å². The molecule has 2 N–H and O–H groups in total. The summed E-state index contributed by atoms with van der Waals surface area (Å²) in [5.74, 6) is 0. The fraction of sp³-hybridized carbons (Fsp3) is 1.00. The van der Waals surface area contributed by atoms with Crippen molar-refractivity contribution < 1.29 is 10.2 Å². The molecule has 0 aromatic heterocycles. The molecule has 0 saturated carbocycles. The lowest BCUT2D eigenvalue weighted by molar-refractivity contribution is -0.0707. The second-order valence-corrected chi connectivity index (χ2v) is 2.49. The predicted molar refractivity (Wildman–Crippen MR) is 37.2 cm³/mol. The fourth-order valence-corrected chi connectivity index (χ4v) is 0.841. The standard InChI is InChI=1S/C7H16O2/c1-4-7(9,5-2)6(3)8/h6,8-9H,4-5H2,1-3H3/t6-/m1/s1. The number of hydrogen-bond donors (Lipinski definition) is 2. The summed E-state index contributed by atoms with van der Waals surface area (Å²) in [6.45, 7) is 5.36. The van der Waals surface area contributed by atoms with Gasteiger partial charge in [0, 0.05) is 0 Å². The van der Waals surface area contributed by atoms with E-state index in [0.29, 0.717) is 12.8 Å². The van der Waals surface area contributed by atoms with Gasteiger partial charge in [0.2, 0.25) is 0 Å². The smallest absolute Gasteiger partial charge is 0.0897 e. The van der Waals surface area contributed by atoms with Gasteiger partial charge in [-0.3, -0.25) is 0 Å². The SMILES string of the molecule is CCC(O)(CC)[C@@H](C)O.